The Morgan fingerprint density at radius 3 is 2.79 bits per heavy atom. The molecule has 3 heterocycles. The number of benzene rings is 2. The Morgan fingerprint density at radius 2 is 2.00 bits per heavy atom. The zero-order chi connectivity index (χ0) is 23.7. The number of amides is 1. The van der Waals surface area contributed by atoms with Gasteiger partial charge in [0, 0.05) is 43.0 Å². The van der Waals surface area contributed by atoms with Gasteiger partial charge in [-0.25, -0.2) is 15.0 Å². The standard InChI is InChI=1S/C27H28N6O/c1-17-8-9-20(15-22(17)19-10-11-23-21(14-19)16-30-27(28-3)31-23)26(34)32-25-24(7-4-12-29-25)33-13-5-6-18(33)2/h4,7-12,14-16,18H,5-6,13H2,1-3H3,(H,28,30,31)(H,29,32,34). The van der Waals surface area contributed by atoms with Gasteiger partial charge in [0.05, 0.1) is 11.2 Å². The molecule has 1 atom stereocenters. The molecule has 4 aromatic rings. The molecule has 1 aliphatic heterocycles. The predicted molar refractivity (Wildman–Crippen MR) is 137 cm³/mol. The van der Waals surface area contributed by atoms with Crippen LogP contribution in [0.5, 0.6) is 0 Å². The summed E-state index contributed by atoms with van der Waals surface area (Å²) in [6, 6.07) is 16.2. The summed E-state index contributed by atoms with van der Waals surface area (Å²) in [6.07, 6.45) is 5.83. The molecule has 1 amide bonds. The van der Waals surface area contributed by atoms with E-state index in [0.717, 1.165) is 52.7 Å². The molecule has 7 nitrogen and oxygen atoms in total. The number of anilines is 3. The van der Waals surface area contributed by atoms with Crippen LogP contribution in [-0.4, -0.2) is 40.5 Å². The number of carbonyl (C=O) groups is 1. The van der Waals surface area contributed by atoms with E-state index in [9.17, 15) is 4.79 Å². The minimum Gasteiger partial charge on any atom is -0.366 e. The zero-order valence-corrected chi connectivity index (χ0v) is 19.7. The van der Waals surface area contributed by atoms with Gasteiger partial charge in [0.25, 0.3) is 5.91 Å². The Morgan fingerprint density at radius 1 is 1.12 bits per heavy atom. The van der Waals surface area contributed by atoms with E-state index in [1.807, 2.05) is 55.6 Å². The lowest BCUT2D eigenvalue weighted by Crippen LogP contribution is -2.28. The third-order valence-corrected chi connectivity index (χ3v) is 6.49. The maximum absolute atomic E-state index is 13.2. The van der Waals surface area contributed by atoms with Gasteiger partial charge >= 0.3 is 0 Å². The van der Waals surface area contributed by atoms with Crippen molar-refractivity contribution in [3.8, 4) is 11.1 Å². The van der Waals surface area contributed by atoms with Crippen LogP contribution in [-0.2, 0) is 0 Å². The molecule has 1 aliphatic rings. The van der Waals surface area contributed by atoms with Crippen LogP contribution < -0.4 is 15.5 Å². The molecule has 1 saturated heterocycles. The van der Waals surface area contributed by atoms with E-state index in [1.165, 1.54) is 0 Å². The molecule has 0 spiro atoms. The van der Waals surface area contributed by atoms with Gasteiger partial charge in [-0.2, -0.15) is 0 Å². The monoisotopic (exact) mass is 452 g/mol. The molecule has 0 bridgehead atoms. The minimum absolute atomic E-state index is 0.171. The largest absolute Gasteiger partial charge is 0.366 e. The van der Waals surface area contributed by atoms with E-state index >= 15 is 0 Å². The quantitative estimate of drug-likeness (QED) is 0.429. The van der Waals surface area contributed by atoms with E-state index in [-0.39, 0.29) is 5.91 Å². The highest BCUT2D eigenvalue weighted by Crippen LogP contribution is 2.31. The fourth-order valence-corrected chi connectivity index (χ4v) is 4.59. The Hall–Kier alpha value is -4.00. The smallest absolute Gasteiger partial charge is 0.256 e. The molecule has 2 N–H and O–H groups in total. The van der Waals surface area contributed by atoms with Crippen molar-refractivity contribution in [1.82, 2.24) is 15.0 Å². The lowest BCUT2D eigenvalue weighted by atomic mass is 9.97. The van der Waals surface area contributed by atoms with Gasteiger partial charge in [0.2, 0.25) is 5.95 Å². The van der Waals surface area contributed by atoms with Crippen molar-refractivity contribution in [1.29, 1.82) is 0 Å². The third kappa shape index (κ3) is 4.17. The van der Waals surface area contributed by atoms with Crippen molar-refractivity contribution < 1.29 is 4.79 Å². The topological polar surface area (TPSA) is 83.0 Å². The van der Waals surface area contributed by atoms with Crippen molar-refractivity contribution in [3.63, 3.8) is 0 Å². The summed E-state index contributed by atoms with van der Waals surface area (Å²) in [4.78, 5) is 28.9. The van der Waals surface area contributed by atoms with Crippen LogP contribution in [0.15, 0.2) is 60.9 Å². The summed E-state index contributed by atoms with van der Waals surface area (Å²) in [5, 5.41) is 6.96. The van der Waals surface area contributed by atoms with Crippen molar-refractivity contribution in [2.24, 2.45) is 0 Å². The van der Waals surface area contributed by atoms with Crippen LogP contribution in [0.3, 0.4) is 0 Å². The van der Waals surface area contributed by atoms with Gasteiger partial charge in [0.15, 0.2) is 5.82 Å². The summed E-state index contributed by atoms with van der Waals surface area (Å²) in [6.45, 7) is 5.24. The molecule has 1 unspecified atom stereocenters. The second-order valence-electron chi connectivity index (χ2n) is 8.76. The number of fused-ring (bicyclic) bond motifs is 1. The minimum atomic E-state index is -0.171. The van der Waals surface area contributed by atoms with Crippen molar-refractivity contribution in [2.45, 2.75) is 32.7 Å². The lowest BCUT2D eigenvalue weighted by Gasteiger charge is -2.25. The Balaban J connectivity index is 1.44. The van der Waals surface area contributed by atoms with Crippen molar-refractivity contribution >= 4 is 34.3 Å². The molecule has 172 valence electrons. The summed E-state index contributed by atoms with van der Waals surface area (Å²) in [5.41, 5.74) is 5.55. The average Bonchev–Trinajstić information content (AvgIpc) is 3.29. The Bertz CT molecular complexity index is 1370. The van der Waals surface area contributed by atoms with E-state index in [4.69, 9.17) is 0 Å². The number of carbonyl (C=O) groups excluding carboxylic acids is 1. The molecular formula is C27H28N6O. The molecule has 2 aromatic heterocycles. The highest BCUT2D eigenvalue weighted by atomic mass is 16.1. The van der Waals surface area contributed by atoms with Crippen molar-refractivity contribution in [2.75, 3.05) is 29.1 Å². The first-order valence-corrected chi connectivity index (χ1v) is 11.6. The number of hydrogen-bond donors (Lipinski definition) is 2. The summed E-state index contributed by atoms with van der Waals surface area (Å²) in [7, 11) is 1.80. The van der Waals surface area contributed by atoms with Crippen LogP contribution in [0.4, 0.5) is 17.5 Å². The number of nitrogens with one attached hydrogen (secondary N) is 2. The van der Waals surface area contributed by atoms with E-state index in [2.05, 4.69) is 43.5 Å². The van der Waals surface area contributed by atoms with Gasteiger partial charge in [-0.15, -0.1) is 0 Å². The maximum Gasteiger partial charge on any atom is 0.256 e. The number of nitrogens with zero attached hydrogens (tertiary/aromatic N) is 4. The fraction of sp³-hybridized carbons (Fsp3) is 0.259. The summed E-state index contributed by atoms with van der Waals surface area (Å²) in [5.74, 6) is 1.02. The highest BCUT2D eigenvalue weighted by molar-refractivity contribution is 6.06. The summed E-state index contributed by atoms with van der Waals surface area (Å²) < 4.78 is 0. The Kier molecular flexibility index (Phi) is 5.84. The number of aromatic nitrogens is 3. The Labute approximate surface area is 199 Å². The molecule has 0 radical (unpaired) electrons. The van der Waals surface area contributed by atoms with Gasteiger partial charge in [0.1, 0.15) is 0 Å². The van der Waals surface area contributed by atoms with Crippen LogP contribution in [0, 0.1) is 6.92 Å². The lowest BCUT2D eigenvalue weighted by molar-refractivity contribution is 0.102. The molecule has 1 fully saturated rings. The van der Waals surface area contributed by atoms with E-state index in [0.29, 0.717) is 23.4 Å². The predicted octanol–water partition coefficient (Wildman–Crippen LogP) is 5.28. The molecule has 34 heavy (non-hydrogen) atoms. The second-order valence-corrected chi connectivity index (χ2v) is 8.76. The first-order chi connectivity index (χ1) is 16.5. The fourth-order valence-electron chi connectivity index (χ4n) is 4.59. The summed E-state index contributed by atoms with van der Waals surface area (Å²) >= 11 is 0. The second kappa shape index (κ2) is 9.09. The van der Waals surface area contributed by atoms with E-state index < -0.39 is 0 Å². The zero-order valence-electron chi connectivity index (χ0n) is 19.7. The van der Waals surface area contributed by atoms with Crippen LogP contribution in [0.1, 0.15) is 35.7 Å². The van der Waals surface area contributed by atoms with Crippen LogP contribution >= 0.6 is 0 Å². The molecular weight excluding hydrogens is 424 g/mol. The van der Waals surface area contributed by atoms with Gasteiger partial charge < -0.3 is 15.5 Å². The highest BCUT2D eigenvalue weighted by Gasteiger charge is 2.24. The van der Waals surface area contributed by atoms with Crippen molar-refractivity contribution in [3.05, 3.63) is 72.1 Å². The number of pyridine rings is 1. The number of rotatable bonds is 5. The molecule has 0 saturated carbocycles. The number of hydrogen-bond acceptors (Lipinski definition) is 6. The molecule has 0 aliphatic carbocycles. The molecule has 2 aromatic carbocycles. The maximum atomic E-state index is 13.2. The normalized spacial score (nSPS) is 15.5. The first kappa shape index (κ1) is 21.8. The van der Waals surface area contributed by atoms with Gasteiger partial charge in [-0.1, -0.05) is 12.1 Å². The van der Waals surface area contributed by atoms with Gasteiger partial charge in [-0.05, 0) is 79.8 Å². The molecule has 7 heteroatoms. The van der Waals surface area contributed by atoms with Crippen LogP contribution in [0.2, 0.25) is 0 Å². The first-order valence-electron chi connectivity index (χ1n) is 11.6. The van der Waals surface area contributed by atoms with Crippen LogP contribution in [0.25, 0.3) is 22.0 Å². The number of aryl methyl sites for hydroxylation is 1. The van der Waals surface area contributed by atoms with E-state index in [1.54, 1.807) is 13.2 Å². The third-order valence-electron chi connectivity index (χ3n) is 6.49. The SMILES string of the molecule is CNc1ncc2cc(-c3cc(C(=O)Nc4ncccc4N4CCCC4C)ccc3C)ccc2n1. The van der Waals surface area contributed by atoms with Gasteiger partial charge in [-0.3, -0.25) is 4.79 Å². The average molecular weight is 453 g/mol. The molecule has 5 rings (SSSR count).